The van der Waals surface area contributed by atoms with E-state index in [2.05, 4.69) is 20.6 Å². The van der Waals surface area contributed by atoms with Gasteiger partial charge in [0.05, 0.1) is 24.2 Å². The van der Waals surface area contributed by atoms with Crippen LogP contribution >= 0.6 is 0 Å². The van der Waals surface area contributed by atoms with Gasteiger partial charge in [-0.15, -0.1) is 0 Å². The molecule has 0 aliphatic heterocycles. The maximum atomic E-state index is 13.8. The van der Waals surface area contributed by atoms with Gasteiger partial charge in [-0.1, -0.05) is 24.3 Å². The highest BCUT2D eigenvalue weighted by Gasteiger charge is 2.33. The van der Waals surface area contributed by atoms with Gasteiger partial charge in [0, 0.05) is 59.1 Å². The van der Waals surface area contributed by atoms with Gasteiger partial charge >= 0.3 is 0 Å². The molecule has 0 spiro atoms. The number of phenolic OH excluding ortho intramolecular Hbond substituents is 4. The van der Waals surface area contributed by atoms with E-state index in [9.17, 15) is 30.0 Å². The van der Waals surface area contributed by atoms with Crippen molar-refractivity contribution in [2.24, 2.45) is 9.98 Å². The van der Waals surface area contributed by atoms with Crippen molar-refractivity contribution in [3.05, 3.63) is 106 Å². The Kier molecular flexibility index (Phi) is 8.14. The van der Waals surface area contributed by atoms with E-state index in [0.29, 0.717) is 59.8 Å². The van der Waals surface area contributed by atoms with Gasteiger partial charge in [0.15, 0.2) is 11.6 Å². The third kappa shape index (κ3) is 5.92. The van der Waals surface area contributed by atoms with Crippen LogP contribution in [0.1, 0.15) is 43.0 Å². The molecule has 0 saturated carbocycles. The Balaban J connectivity index is 1.28. The number of aromatic hydroxyl groups is 4. The number of anilines is 2. The van der Waals surface area contributed by atoms with Gasteiger partial charge in [0.1, 0.15) is 23.0 Å². The standard InChI is InChI=1S/C32H28N4O6/c37-21-7-9-27(39)19(15-21)17-33-11-13-35-25-5-1-3-23-29(25)32(42)30-24(31(23)41)4-2-6-26(30)36-14-12-34-18-20-16-22(38)8-10-28(20)40/h1-10,15-18,35-40H,11-14H2. The number of phenols is 4. The lowest BCUT2D eigenvalue weighted by molar-refractivity contribution is 0.0980. The van der Waals surface area contributed by atoms with Crippen molar-refractivity contribution in [2.45, 2.75) is 0 Å². The molecule has 6 N–H and O–H groups in total. The zero-order valence-corrected chi connectivity index (χ0v) is 22.4. The second-order valence-corrected chi connectivity index (χ2v) is 9.52. The minimum absolute atomic E-state index is 0.00332. The van der Waals surface area contributed by atoms with Crippen molar-refractivity contribution >= 4 is 35.4 Å². The number of benzene rings is 4. The summed E-state index contributed by atoms with van der Waals surface area (Å²) in [5.41, 5.74) is 3.00. The van der Waals surface area contributed by atoms with E-state index >= 15 is 0 Å². The van der Waals surface area contributed by atoms with Crippen LogP contribution in [0.3, 0.4) is 0 Å². The molecule has 1 aliphatic rings. The van der Waals surface area contributed by atoms with Gasteiger partial charge in [0.2, 0.25) is 0 Å². The molecule has 0 heterocycles. The van der Waals surface area contributed by atoms with Crippen LogP contribution in [0.5, 0.6) is 23.0 Å². The summed E-state index contributed by atoms with van der Waals surface area (Å²) in [6.45, 7) is 1.33. The first-order valence-corrected chi connectivity index (χ1v) is 13.2. The molecule has 0 radical (unpaired) electrons. The number of fused-ring (bicyclic) bond motifs is 2. The molecule has 5 rings (SSSR count). The highest BCUT2D eigenvalue weighted by molar-refractivity contribution is 6.31. The van der Waals surface area contributed by atoms with Crippen LogP contribution in [0.4, 0.5) is 11.4 Å². The summed E-state index contributed by atoms with van der Waals surface area (Å²) in [5, 5.41) is 45.4. The topological polar surface area (TPSA) is 164 Å². The van der Waals surface area contributed by atoms with Crippen molar-refractivity contribution in [3.8, 4) is 23.0 Å². The molecule has 42 heavy (non-hydrogen) atoms. The molecule has 10 heteroatoms. The molecule has 4 aromatic carbocycles. The third-order valence-corrected chi connectivity index (χ3v) is 6.67. The minimum Gasteiger partial charge on any atom is -0.508 e. The van der Waals surface area contributed by atoms with Crippen LogP contribution in [0.15, 0.2) is 82.8 Å². The average Bonchev–Trinajstić information content (AvgIpc) is 2.98. The summed E-state index contributed by atoms with van der Waals surface area (Å²) in [6, 6.07) is 18.5. The predicted molar refractivity (Wildman–Crippen MR) is 161 cm³/mol. The van der Waals surface area contributed by atoms with Crippen molar-refractivity contribution in [3.63, 3.8) is 0 Å². The van der Waals surface area contributed by atoms with E-state index in [4.69, 9.17) is 0 Å². The summed E-state index contributed by atoms with van der Waals surface area (Å²) in [7, 11) is 0. The summed E-state index contributed by atoms with van der Waals surface area (Å²) >= 11 is 0. The molecule has 10 nitrogen and oxygen atoms in total. The smallest absolute Gasteiger partial charge is 0.198 e. The number of ketones is 2. The molecular formula is C32H28N4O6. The maximum absolute atomic E-state index is 13.8. The highest BCUT2D eigenvalue weighted by atomic mass is 16.3. The Bertz CT molecular complexity index is 1610. The molecule has 0 fully saturated rings. The molecule has 0 unspecified atom stereocenters. The summed E-state index contributed by atoms with van der Waals surface area (Å²) < 4.78 is 0. The van der Waals surface area contributed by atoms with E-state index in [1.54, 1.807) is 36.4 Å². The number of hydrogen-bond donors (Lipinski definition) is 6. The Morgan fingerprint density at radius 2 is 1.05 bits per heavy atom. The van der Waals surface area contributed by atoms with Gasteiger partial charge < -0.3 is 31.1 Å². The van der Waals surface area contributed by atoms with Crippen LogP contribution in [-0.2, 0) is 0 Å². The number of hydrogen-bond acceptors (Lipinski definition) is 10. The molecule has 1 aliphatic carbocycles. The monoisotopic (exact) mass is 564 g/mol. The summed E-state index contributed by atoms with van der Waals surface area (Å²) in [4.78, 5) is 35.7. The van der Waals surface area contributed by atoms with E-state index in [-0.39, 0.29) is 45.7 Å². The van der Waals surface area contributed by atoms with Crippen LogP contribution in [-0.4, -0.2) is 70.6 Å². The number of carbonyl (C=O) groups is 2. The van der Waals surface area contributed by atoms with Gasteiger partial charge in [0.25, 0.3) is 0 Å². The van der Waals surface area contributed by atoms with Crippen LogP contribution in [0.2, 0.25) is 0 Å². The first-order chi connectivity index (χ1) is 20.3. The highest BCUT2D eigenvalue weighted by Crippen LogP contribution is 2.35. The second kappa shape index (κ2) is 12.3. The SMILES string of the molecule is O=C1c2cccc(NCCN=Cc3cc(O)ccc3O)c2C(=O)c2c(NCCN=Cc3cc(O)ccc3O)cccc21. The maximum Gasteiger partial charge on any atom is 0.198 e. The lowest BCUT2D eigenvalue weighted by atomic mass is 9.82. The Morgan fingerprint density at radius 3 is 1.50 bits per heavy atom. The second-order valence-electron chi connectivity index (χ2n) is 9.52. The normalized spacial score (nSPS) is 12.5. The predicted octanol–water partition coefficient (Wildman–Crippen LogP) is 4.35. The summed E-state index contributed by atoms with van der Waals surface area (Å²) in [6.07, 6.45) is 2.91. The fourth-order valence-electron chi connectivity index (χ4n) is 4.66. The van der Waals surface area contributed by atoms with Crippen LogP contribution in [0, 0.1) is 0 Å². The minimum atomic E-state index is -0.285. The lowest BCUT2D eigenvalue weighted by Gasteiger charge is -2.23. The quantitative estimate of drug-likeness (QED) is 0.0828. The Hall–Kier alpha value is -5.64. The fourth-order valence-corrected chi connectivity index (χ4v) is 4.66. The van der Waals surface area contributed by atoms with Crippen molar-refractivity contribution in [1.82, 2.24) is 0 Å². The molecule has 0 aromatic heterocycles. The molecule has 0 saturated heterocycles. The van der Waals surface area contributed by atoms with E-state index in [0.717, 1.165) is 0 Å². The Labute approximate surface area is 241 Å². The van der Waals surface area contributed by atoms with E-state index in [1.165, 1.54) is 48.8 Å². The van der Waals surface area contributed by atoms with Crippen molar-refractivity contribution in [1.29, 1.82) is 0 Å². The molecular weight excluding hydrogens is 536 g/mol. The zero-order chi connectivity index (χ0) is 29.6. The number of rotatable bonds is 10. The average molecular weight is 565 g/mol. The van der Waals surface area contributed by atoms with Crippen molar-refractivity contribution in [2.75, 3.05) is 36.8 Å². The lowest BCUT2D eigenvalue weighted by Crippen LogP contribution is -2.24. The molecule has 0 bridgehead atoms. The first kappa shape index (κ1) is 27.9. The van der Waals surface area contributed by atoms with Gasteiger partial charge in [-0.05, 0) is 48.5 Å². The largest absolute Gasteiger partial charge is 0.508 e. The first-order valence-electron chi connectivity index (χ1n) is 13.2. The summed E-state index contributed by atoms with van der Waals surface area (Å²) in [5.74, 6) is -0.509. The van der Waals surface area contributed by atoms with Gasteiger partial charge in [-0.25, -0.2) is 0 Å². The number of nitrogens with zero attached hydrogens (tertiary/aromatic N) is 2. The fraction of sp³-hybridized carbons (Fsp3) is 0.125. The number of nitrogens with one attached hydrogen (secondary N) is 2. The molecule has 0 amide bonds. The molecule has 0 atom stereocenters. The van der Waals surface area contributed by atoms with Gasteiger partial charge in [-0.3, -0.25) is 19.6 Å². The number of carbonyl (C=O) groups excluding carboxylic acids is 2. The third-order valence-electron chi connectivity index (χ3n) is 6.67. The molecule has 4 aromatic rings. The molecule has 212 valence electrons. The van der Waals surface area contributed by atoms with Crippen LogP contribution < -0.4 is 10.6 Å². The zero-order valence-electron chi connectivity index (χ0n) is 22.4. The van der Waals surface area contributed by atoms with Crippen LogP contribution in [0.25, 0.3) is 0 Å². The van der Waals surface area contributed by atoms with Gasteiger partial charge in [-0.2, -0.15) is 0 Å². The Morgan fingerprint density at radius 1 is 0.595 bits per heavy atom. The van der Waals surface area contributed by atoms with E-state index < -0.39 is 0 Å². The van der Waals surface area contributed by atoms with E-state index in [1.807, 2.05) is 0 Å². The number of aliphatic imine (C=N–C) groups is 2. The van der Waals surface area contributed by atoms with Crippen molar-refractivity contribution < 1.29 is 30.0 Å².